The first kappa shape index (κ1) is 11.9. The van der Waals surface area contributed by atoms with Gasteiger partial charge in [-0.05, 0) is 46.9 Å². The van der Waals surface area contributed by atoms with Crippen molar-refractivity contribution in [2.75, 3.05) is 7.11 Å². The molecule has 0 aromatic heterocycles. The smallest absolute Gasteiger partial charge is 0.226 e. The highest BCUT2D eigenvalue weighted by molar-refractivity contribution is 6.63. The normalized spacial score (nSPS) is 13.6. The molecule has 17 heavy (non-hydrogen) atoms. The molecule has 0 radical (unpaired) electrons. The minimum atomic E-state index is -0.335. The van der Waals surface area contributed by atoms with E-state index in [1.165, 1.54) is 5.56 Å². The summed E-state index contributed by atoms with van der Waals surface area (Å²) in [7, 11) is 1.65. The predicted molar refractivity (Wildman–Crippen MR) is 69.3 cm³/mol. The molecule has 1 aliphatic carbocycles. The number of methoxy groups -OCH3 is 1. The summed E-state index contributed by atoms with van der Waals surface area (Å²) < 4.78 is 5.19. The summed E-state index contributed by atoms with van der Waals surface area (Å²) in [6.45, 7) is 0. The van der Waals surface area contributed by atoms with E-state index in [1.807, 2.05) is 36.4 Å². The third kappa shape index (κ3) is 2.98. The van der Waals surface area contributed by atoms with Crippen molar-refractivity contribution < 1.29 is 9.53 Å². The lowest BCUT2D eigenvalue weighted by Gasteiger charge is -2.06. The van der Waals surface area contributed by atoms with Crippen LogP contribution in [0.25, 0.3) is 6.08 Å². The number of fused-ring (bicyclic) bond motifs is 1. The number of ether oxygens (including phenoxy) is 1. The molecule has 3 heteroatoms. The molecule has 0 atom stereocenters. The molecule has 0 saturated carbocycles. The second-order valence-electron chi connectivity index (χ2n) is 3.92. The second-order valence-corrected chi connectivity index (χ2v) is 4.34. The highest BCUT2D eigenvalue weighted by Gasteiger charge is 2.07. The van der Waals surface area contributed by atoms with Crippen LogP contribution in [-0.2, 0) is 11.2 Å². The maximum atomic E-state index is 10.9. The Bertz CT molecular complexity index is 501. The molecule has 0 amide bonds. The van der Waals surface area contributed by atoms with Crippen molar-refractivity contribution in [2.24, 2.45) is 0 Å². The van der Waals surface area contributed by atoms with Crippen molar-refractivity contribution in [3.8, 4) is 5.75 Å². The van der Waals surface area contributed by atoms with E-state index in [1.54, 1.807) is 7.11 Å². The Balaban J connectivity index is 2.36. The molecule has 1 aliphatic rings. The lowest BCUT2D eigenvalue weighted by atomic mass is 10.0. The van der Waals surface area contributed by atoms with E-state index >= 15 is 0 Å². The van der Waals surface area contributed by atoms with Crippen LogP contribution in [0.2, 0.25) is 0 Å². The monoisotopic (exact) mass is 248 g/mol. The van der Waals surface area contributed by atoms with Crippen molar-refractivity contribution in [3.05, 3.63) is 47.1 Å². The molecule has 0 bridgehead atoms. The minimum absolute atomic E-state index is 0.267. The van der Waals surface area contributed by atoms with Crippen LogP contribution >= 0.6 is 11.6 Å². The molecule has 2 nitrogen and oxygen atoms in total. The first-order valence-electron chi connectivity index (χ1n) is 5.41. The summed E-state index contributed by atoms with van der Waals surface area (Å²) in [5, 5.41) is -0.335. The number of carbonyl (C=O) groups is 1. The van der Waals surface area contributed by atoms with E-state index < -0.39 is 0 Å². The van der Waals surface area contributed by atoms with Gasteiger partial charge in [0.05, 0.1) is 7.11 Å². The molecule has 0 unspecified atom stereocenters. The van der Waals surface area contributed by atoms with Gasteiger partial charge in [-0.15, -0.1) is 0 Å². The summed E-state index contributed by atoms with van der Waals surface area (Å²) in [5.74, 6) is 0.849. The van der Waals surface area contributed by atoms with Crippen LogP contribution in [0.15, 0.2) is 35.9 Å². The van der Waals surface area contributed by atoms with Gasteiger partial charge in [0.15, 0.2) is 0 Å². The average molecular weight is 249 g/mol. The fourth-order valence-corrected chi connectivity index (χ4v) is 2.04. The topological polar surface area (TPSA) is 26.3 Å². The molecule has 2 rings (SSSR count). The molecular weight excluding hydrogens is 236 g/mol. The number of carbonyl (C=O) groups excluding carboxylic acids is 1. The van der Waals surface area contributed by atoms with Gasteiger partial charge in [-0.1, -0.05) is 24.3 Å². The van der Waals surface area contributed by atoms with E-state index in [9.17, 15) is 4.79 Å². The van der Waals surface area contributed by atoms with Crippen LogP contribution in [0.5, 0.6) is 5.75 Å². The van der Waals surface area contributed by atoms with Crippen molar-refractivity contribution in [2.45, 2.75) is 12.8 Å². The molecule has 0 N–H and O–H groups in total. The summed E-state index contributed by atoms with van der Waals surface area (Å²) in [4.78, 5) is 10.9. The number of hydrogen-bond donors (Lipinski definition) is 0. The summed E-state index contributed by atoms with van der Waals surface area (Å²) in [6, 6.07) is 5.93. The molecule has 0 heterocycles. The number of halogens is 1. The molecular formula is C14H13ClO2. The average Bonchev–Trinajstić information content (AvgIpc) is 2.48. The maximum absolute atomic E-state index is 10.9. The molecule has 0 fully saturated rings. The van der Waals surface area contributed by atoms with Crippen molar-refractivity contribution >= 4 is 22.9 Å². The number of benzene rings is 1. The fourth-order valence-electron chi connectivity index (χ4n) is 1.88. The Morgan fingerprint density at radius 3 is 3.00 bits per heavy atom. The number of allylic oxidation sites excluding steroid dienone is 3. The SMILES string of the molecule is COc1ccc2c(c1)CC=CC(CC(=O)Cl)=C2. The largest absolute Gasteiger partial charge is 0.497 e. The Morgan fingerprint density at radius 1 is 1.47 bits per heavy atom. The second kappa shape index (κ2) is 5.19. The van der Waals surface area contributed by atoms with Gasteiger partial charge in [0.25, 0.3) is 0 Å². The fraction of sp³-hybridized carbons (Fsp3) is 0.214. The van der Waals surface area contributed by atoms with Crippen LogP contribution in [0, 0.1) is 0 Å². The van der Waals surface area contributed by atoms with Gasteiger partial charge in [-0.2, -0.15) is 0 Å². The lowest BCUT2D eigenvalue weighted by Crippen LogP contribution is -1.90. The van der Waals surface area contributed by atoms with Crippen molar-refractivity contribution in [1.29, 1.82) is 0 Å². The summed E-state index contributed by atoms with van der Waals surface area (Å²) in [5.41, 5.74) is 3.25. The van der Waals surface area contributed by atoms with Crippen LogP contribution in [0.4, 0.5) is 0 Å². The van der Waals surface area contributed by atoms with Crippen LogP contribution in [0.3, 0.4) is 0 Å². The standard InChI is InChI=1S/C14H13ClO2/c1-17-13-6-5-12-7-10(8-14(15)16)3-2-4-11(12)9-13/h2-3,5-7,9H,4,8H2,1H3. The highest BCUT2D eigenvalue weighted by atomic mass is 35.5. The molecule has 0 saturated heterocycles. The maximum Gasteiger partial charge on any atom is 0.226 e. The predicted octanol–water partition coefficient (Wildman–Crippen LogP) is 3.35. The zero-order valence-corrected chi connectivity index (χ0v) is 10.3. The molecule has 0 aliphatic heterocycles. The van der Waals surface area contributed by atoms with Gasteiger partial charge in [-0.3, -0.25) is 4.79 Å². The van der Waals surface area contributed by atoms with Gasteiger partial charge in [0.1, 0.15) is 5.75 Å². The molecule has 88 valence electrons. The zero-order chi connectivity index (χ0) is 12.3. The van der Waals surface area contributed by atoms with E-state index in [0.29, 0.717) is 0 Å². The summed E-state index contributed by atoms with van der Waals surface area (Å²) >= 11 is 5.41. The van der Waals surface area contributed by atoms with Crippen molar-refractivity contribution in [3.63, 3.8) is 0 Å². The molecule has 0 spiro atoms. The van der Waals surface area contributed by atoms with Gasteiger partial charge < -0.3 is 4.74 Å². The van der Waals surface area contributed by atoms with Gasteiger partial charge in [0, 0.05) is 6.42 Å². The Hall–Kier alpha value is -1.54. The van der Waals surface area contributed by atoms with Gasteiger partial charge >= 0.3 is 0 Å². The Kier molecular flexibility index (Phi) is 3.64. The van der Waals surface area contributed by atoms with Crippen LogP contribution in [-0.4, -0.2) is 12.4 Å². The third-order valence-electron chi connectivity index (χ3n) is 2.70. The van der Waals surface area contributed by atoms with Crippen LogP contribution in [0.1, 0.15) is 17.5 Å². The number of hydrogen-bond acceptors (Lipinski definition) is 2. The van der Waals surface area contributed by atoms with Gasteiger partial charge in [-0.25, -0.2) is 0 Å². The van der Waals surface area contributed by atoms with E-state index in [-0.39, 0.29) is 11.7 Å². The van der Waals surface area contributed by atoms with E-state index in [0.717, 1.165) is 23.3 Å². The van der Waals surface area contributed by atoms with Crippen molar-refractivity contribution in [1.82, 2.24) is 0 Å². The van der Waals surface area contributed by atoms with Crippen LogP contribution < -0.4 is 4.74 Å². The third-order valence-corrected chi connectivity index (χ3v) is 2.84. The lowest BCUT2D eigenvalue weighted by molar-refractivity contribution is -0.111. The summed E-state index contributed by atoms with van der Waals surface area (Å²) in [6.07, 6.45) is 7.09. The molecule has 1 aromatic rings. The Morgan fingerprint density at radius 2 is 2.29 bits per heavy atom. The minimum Gasteiger partial charge on any atom is -0.497 e. The van der Waals surface area contributed by atoms with E-state index in [4.69, 9.17) is 16.3 Å². The van der Waals surface area contributed by atoms with Gasteiger partial charge in [0.2, 0.25) is 5.24 Å². The first-order valence-corrected chi connectivity index (χ1v) is 5.79. The Labute approximate surface area is 106 Å². The first-order chi connectivity index (χ1) is 8.19. The zero-order valence-electron chi connectivity index (χ0n) is 9.57. The number of rotatable bonds is 3. The quantitative estimate of drug-likeness (QED) is 0.767. The van der Waals surface area contributed by atoms with E-state index in [2.05, 4.69) is 0 Å². The highest BCUT2D eigenvalue weighted by Crippen LogP contribution is 2.24. The molecule has 1 aromatic carbocycles.